The van der Waals surface area contributed by atoms with Crippen LogP contribution in [0.25, 0.3) is 0 Å². The van der Waals surface area contributed by atoms with Crippen LogP contribution in [0, 0.1) is 5.82 Å². The third kappa shape index (κ3) is 6.71. The van der Waals surface area contributed by atoms with E-state index < -0.39 is 24.4 Å². The van der Waals surface area contributed by atoms with Crippen LogP contribution in [-0.4, -0.2) is 37.5 Å². The van der Waals surface area contributed by atoms with E-state index in [1.54, 1.807) is 31.2 Å². The molecule has 2 aromatic carbocycles. The molecule has 7 nitrogen and oxygen atoms in total. The fourth-order valence-electron chi connectivity index (χ4n) is 2.23. The third-order valence-electron chi connectivity index (χ3n) is 3.59. The Morgan fingerprint density at radius 3 is 2.43 bits per heavy atom. The van der Waals surface area contributed by atoms with Gasteiger partial charge in [-0.1, -0.05) is 24.3 Å². The Kier molecular flexibility index (Phi) is 7.95. The van der Waals surface area contributed by atoms with Gasteiger partial charge in [0.1, 0.15) is 18.1 Å². The molecule has 2 amide bonds. The van der Waals surface area contributed by atoms with Crippen LogP contribution in [0.5, 0.6) is 5.75 Å². The first kappa shape index (κ1) is 20.9. The van der Waals surface area contributed by atoms with Crippen LogP contribution in [-0.2, 0) is 20.9 Å². The smallest absolute Gasteiger partial charge is 0.325 e. The number of halogens is 1. The van der Waals surface area contributed by atoms with Crippen LogP contribution in [0.3, 0.4) is 0 Å². The van der Waals surface area contributed by atoms with Crippen LogP contribution >= 0.6 is 0 Å². The SMILES string of the molecule is CCOc1ccccc1C(=O)NCC(=O)OCC(=O)NCc1ccc(F)cc1. The number of nitrogens with one attached hydrogen (secondary N) is 2. The maximum atomic E-state index is 12.8. The summed E-state index contributed by atoms with van der Waals surface area (Å²) in [5.74, 6) is -1.70. The van der Waals surface area contributed by atoms with Crippen molar-refractivity contribution in [1.29, 1.82) is 0 Å². The minimum atomic E-state index is -0.751. The van der Waals surface area contributed by atoms with Crippen molar-refractivity contribution in [3.05, 3.63) is 65.5 Å². The zero-order valence-electron chi connectivity index (χ0n) is 15.4. The molecule has 0 radical (unpaired) electrons. The summed E-state index contributed by atoms with van der Waals surface area (Å²) in [6.45, 7) is 1.52. The molecule has 0 spiro atoms. The molecular formula is C20H21FN2O5. The molecule has 0 aliphatic heterocycles. The average Bonchev–Trinajstić information content (AvgIpc) is 2.70. The third-order valence-corrected chi connectivity index (χ3v) is 3.59. The maximum Gasteiger partial charge on any atom is 0.325 e. The fraction of sp³-hybridized carbons (Fsp3) is 0.250. The number of carbonyl (C=O) groups is 3. The largest absolute Gasteiger partial charge is 0.493 e. The van der Waals surface area contributed by atoms with Crippen molar-refractivity contribution in [3.63, 3.8) is 0 Å². The zero-order chi connectivity index (χ0) is 20.4. The van der Waals surface area contributed by atoms with Crippen molar-refractivity contribution in [1.82, 2.24) is 10.6 Å². The summed E-state index contributed by atoms with van der Waals surface area (Å²) in [4.78, 5) is 35.6. The van der Waals surface area contributed by atoms with Gasteiger partial charge in [0.15, 0.2) is 6.61 Å². The van der Waals surface area contributed by atoms with Gasteiger partial charge in [-0.3, -0.25) is 14.4 Å². The normalized spacial score (nSPS) is 10.1. The standard InChI is InChI=1S/C20H21FN2O5/c1-2-27-17-6-4-3-5-16(17)20(26)23-12-19(25)28-13-18(24)22-11-14-7-9-15(21)10-8-14/h3-10H,2,11-13H2,1H3,(H,22,24)(H,23,26). The lowest BCUT2D eigenvalue weighted by Gasteiger charge is -2.10. The van der Waals surface area contributed by atoms with E-state index in [9.17, 15) is 18.8 Å². The van der Waals surface area contributed by atoms with Gasteiger partial charge < -0.3 is 20.1 Å². The summed E-state index contributed by atoms with van der Waals surface area (Å²) in [5.41, 5.74) is 1.01. The average molecular weight is 388 g/mol. The van der Waals surface area contributed by atoms with E-state index >= 15 is 0 Å². The molecular weight excluding hydrogens is 367 g/mol. The molecule has 2 rings (SSSR count). The quantitative estimate of drug-likeness (QED) is 0.639. The van der Waals surface area contributed by atoms with Crippen LogP contribution in [0.4, 0.5) is 4.39 Å². The highest BCUT2D eigenvalue weighted by molar-refractivity contribution is 5.98. The van der Waals surface area contributed by atoms with Crippen molar-refractivity contribution >= 4 is 17.8 Å². The van der Waals surface area contributed by atoms with Gasteiger partial charge in [-0.15, -0.1) is 0 Å². The molecule has 0 aliphatic rings. The predicted molar refractivity (Wildman–Crippen MR) is 99.1 cm³/mol. The highest BCUT2D eigenvalue weighted by Crippen LogP contribution is 2.17. The van der Waals surface area contributed by atoms with Crippen LogP contribution in [0.1, 0.15) is 22.8 Å². The van der Waals surface area contributed by atoms with Gasteiger partial charge in [0.2, 0.25) is 0 Å². The van der Waals surface area contributed by atoms with Gasteiger partial charge in [-0.05, 0) is 36.8 Å². The molecule has 0 aromatic heterocycles. The monoisotopic (exact) mass is 388 g/mol. The van der Waals surface area contributed by atoms with Crippen LogP contribution in [0.15, 0.2) is 48.5 Å². The Morgan fingerprint density at radius 1 is 1.00 bits per heavy atom. The molecule has 0 saturated carbocycles. The molecule has 0 atom stereocenters. The number of amides is 2. The fourth-order valence-corrected chi connectivity index (χ4v) is 2.23. The number of esters is 1. The van der Waals surface area contributed by atoms with Crippen molar-refractivity contribution < 1.29 is 28.2 Å². The summed E-state index contributed by atoms with van der Waals surface area (Å²) < 4.78 is 23.0. The minimum absolute atomic E-state index is 0.182. The summed E-state index contributed by atoms with van der Waals surface area (Å²) in [5, 5.41) is 4.97. The van der Waals surface area contributed by atoms with Crippen molar-refractivity contribution in [2.75, 3.05) is 19.8 Å². The van der Waals surface area contributed by atoms with Crippen LogP contribution in [0.2, 0.25) is 0 Å². The highest BCUT2D eigenvalue weighted by atomic mass is 19.1. The summed E-state index contributed by atoms with van der Waals surface area (Å²) in [7, 11) is 0. The molecule has 2 N–H and O–H groups in total. The molecule has 148 valence electrons. The van der Waals surface area contributed by atoms with E-state index in [2.05, 4.69) is 10.6 Å². The molecule has 0 heterocycles. The van der Waals surface area contributed by atoms with E-state index in [4.69, 9.17) is 9.47 Å². The number of rotatable bonds is 9. The van der Waals surface area contributed by atoms with Crippen molar-refractivity contribution in [3.8, 4) is 5.75 Å². The number of ether oxygens (including phenoxy) is 2. The Bertz CT molecular complexity index is 824. The van der Waals surface area contributed by atoms with E-state index in [0.29, 0.717) is 23.5 Å². The van der Waals surface area contributed by atoms with Crippen LogP contribution < -0.4 is 15.4 Å². The van der Waals surface area contributed by atoms with Gasteiger partial charge in [0.25, 0.3) is 11.8 Å². The number of hydrogen-bond acceptors (Lipinski definition) is 5. The van der Waals surface area contributed by atoms with E-state index in [1.165, 1.54) is 24.3 Å². The number of carbonyl (C=O) groups excluding carboxylic acids is 3. The highest BCUT2D eigenvalue weighted by Gasteiger charge is 2.14. The molecule has 0 unspecified atom stereocenters. The summed E-state index contributed by atoms with van der Waals surface area (Å²) in [6, 6.07) is 12.3. The lowest BCUT2D eigenvalue weighted by atomic mass is 10.2. The van der Waals surface area contributed by atoms with Gasteiger partial charge >= 0.3 is 5.97 Å². The molecule has 8 heteroatoms. The lowest BCUT2D eigenvalue weighted by Crippen LogP contribution is -2.34. The van der Waals surface area contributed by atoms with E-state index in [1.807, 2.05) is 0 Å². The minimum Gasteiger partial charge on any atom is -0.493 e. The number of benzene rings is 2. The first-order valence-corrected chi connectivity index (χ1v) is 8.66. The first-order valence-electron chi connectivity index (χ1n) is 8.66. The van der Waals surface area contributed by atoms with Gasteiger partial charge in [-0.25, -0.2) is 4.39 Å². The second-order valence-electron chi connectivity index (χ2n) is 5.68. The Labute approximate surface area is 161 Å². The molecule has 0 aliphatic carbocycles. The lowest BCUT2D eigenvalue weighted by molar-refractivity contribution is -0.147. The number of para-hydroxylation sites is 1. The van der Waals surface area contributed by atoms with E-state index in [0.717, 1.165) is 0 Å². The first-order chi connectivity index (χ1) is 13.5. The van der Waals surface area contributed by atoms with Crippen molar-refractivity contribution in [2.24, 2.45) is 0 Å². The molecule has 2 aromatic rings. The van der Waals surface area contributed by atoms with Gasteiger partial charge in [0, 0.05) is 6.54 Å². The zero-order valence-corrected chi connectivity index (χ0v) is 15.4. The second kappa shape index (κ2) is 10.7. The Morgan fingerprint density at radius 2 is 1.71 bits per heavy atom. The van der Waals surface area contributed by atoms with Gasteiger partial charge in [0.05, 0.1) is 12.2 Å². The Hall–Kier alpha value is -3.42. The molecule has 0 bridgehead atoms. The summed E-state index contributed by atoms with van der Waals surface area (Å²) >= 11 is 0. The maximum absolute atomic E-state index is 12.8. The summed E-state index contributed by atoms with van der Waals surface area (Å²) in [6.07, 6.45) is 0. The van der Waals surface area contributed by atoms with Crippen molar-refractivity contribution in [2.45, 2.75) is 13.5 Å². The van der Waals surface area contributed by atoms with E-state index in [-0.39, 0.29) is 18.9 Å². The predicted octanol–water partition coefficient (Wildman–Crippen LogP) is 1.81. The molecule has 0 saturated heterocycles. The second-order valence-corrected chi connectivity index (χ2v) is 5.68. The van der Waals surface area contributed by atoms with Gasteiger partial charge in [-0.2, -0.15) is 0 Å². The topological polar surface area (TPSA) is 93.7 Å². The molecule has 28 heavy (non-hydrogen) atoms. The number of hydrogen-bond donors (Lipinski definition) is 2. The Balaban J connectivity index is 1.71. The molecule has 0 fully saturated rings.